The Morgan fingerprint density at radius 3 is 2.33 bits per heavy atom. The van der Waals surface area contributed by atoms with Crippen LogP contribution in [0.15, 0.2) is 48.6 Å². The lowest BCUT2D eigenvalue weighted by molar-refractivity contribution is -0.155. The molecule has 9 heteroatoms. The number of unbranched alkanes of at least 4 members (excludes halogenated alkanes) is 1. The summed E-state index contributed by atoms with van der Waals surface area (Å²) in [4.78, 5) is 49.0. The predicted molar refractivity (Wildman–Crippen MR) is 165 cm³/mol. The van der Waals surface area contributed by atoms with Gasteiger partial charge >= 0.3 is 0 Å². The predicted octanol–water partition coefficient (Wildman–Crippen LogP) is 3.95. The molecule has 0 aliphatic carbocycles. The van der Waals surface area contributed by atoms with E-state index in [4.69, 9.17) is 9.47 Å². The van der Waals surface area contributed by atoms with Crippen LogP contribution in [0.5, 0.6) is 5.75 Å². The maximum absolute atomic E-state index is 14.8. The third-order valence-corrected chi connectivity index (χ3v) is 9.55. The van der Waals surface area contributed by atoms with E-state index in [9.17, 15) is 19.5 Å². The van der Waals surface area contributed by atoms with Crippen molar-refractivity contribution in [2.75, 3.05) is 37.7 Å². The van der Waals surface area contributed by atoms with Crippen molar-refractivity contribution in [3.63, 3.8) is 0 Å². The van der Waals surface area contributed by atoms with Crippen LogP contribution in [-0.4, -0.2) is 88.8 Å². The van der Waals surface area contributed by atoms with Gasteiger partial charge < -0.3 is 29.3 Å². The summed E-state index contributed by atoms with van der Waals surface area (Å²) in [6.45, 7) is 11.6. The largest absolute Gasteiger partial charge is 0.494 e. The molecule has 0 radical (unpaired) electrons. The number of aliphatic hydroxyl groups excluding tert-OH is 1. The highest BCUT2D eigenvalue weighted by Crippen LogP contribution is 2.59. The number of likely N-dealkylation sites (tertiary alicyclic amines) is 1. The minimum Gasteiger partial charge on any atom is -0.494 e. The van der Waals surface area contributed by atoms with Gasteiger partial charge in [0.2, 0.25) is 17.7 Å². The van der Waals surface area contributed by atoms with Crippen LogP contribution in [0, 0.1) is 17.8 Å². The van der Waals surface area contributed by atoms with Gasteiger partial charge in [0, 0.05) is 25.3 Å². The van der Waals surface area contributed by atoms with Crippen molar-refractivity contribution < 1.29 is 29.0 Å². The third-order valence-electron chi connectivity index (χ3n) is 9.55. The van der Waals surface area contributed by atoms with Gasteiger partial charge in [-0.25, -0.2) is 0 Å². The normalized spacial score (nSPS) is 30.8. The number of amides is 3. The molecular formula is C34H47N3O6. The molecule has 9 nitrogen and oxygen atoms in total. The molecule has 2 fully saturated rings. The van der Waals surface area contributed by atoms with E-state index in [2.05, 4.69) is 6.92 Å². The zero-order valence-electron chi connectivity index (χ0n) is 26.2. The summed E-state index contributed by atoms with van der Waals surface area (Å²) in [5.41, 5.74) is -1.68. The number of hydrogen-bond acceptors (Lipinski definition) is 6. The maximum Gasteiger partial charge on any atom is 0.249 e. The van der Waals surface area contributed by atoms with Gasteiger partial charge in [0.1, 0.15) is 17.4 Å². The SMILES string of the molecule is CCCCN1CC=C[C@]23O[C@]4(CC)C=CCN(c5ccc(OCC)cc5)C(=O)[C@@H]4[C@H]2C(=O)N([C@@H](CO)CC(C)C)C3C1=O. The van der Waals surface area contributed by atoms with E-state index in [0.29, 0.717) is 44.8 Å². The molecule has 3 amide bonds. The second-order valence-corrected chi connectivity index (χ2v) is 12.7. The lowest BCUT2D eigenvalue weighted by Gasteiger charge is -2.41. The molecule has 0 bridgehead atoms. The van der Waals surface area contributed by atoms with Gasteiger partial charge in [-0.15, -0.1) is 0 Å². The van der Waals surface area contributed by atoms with Crippen LogP contribution in [0.4, 0.5) is 5.69 Å². The van der Waals surface area contributed by atoms with Crippen LogP contribution in [0.3, 0.4) is 0 Å². The quantitative estimate of drug-likeness (QED) is 0.390. The number of nitrogens with zero attached hydrogens (tertiary/aromatic N) is 3. The number of carbonyl (C=O) groups is 3. The fraction of sp³-hybridized carbons (Fsp3) is 0.618. The zero-order valence-corrected chi connectivity index (χ0v) is 26.2. The smallest absolute Gasteiger partial charge is 0.249 e. The molecule has 1 unspecified atom stereocenters. The topological polar surface area (TPSA) is 99.6 Å². The molecule has 4 aliphatic rings. The van der Waals surface area contributed by atoms with Gasteiger partial charge in [-0.2, -0.15) is 0 Å². The number of fused-ring (bicyclic) bond motifs is 2. The first-order valence-electron chi connectivity index (χ1n) is 16.0. The summed E-state index contributed by atoms with van der Waals surface area (Å²) >= 11 is 0. The van der Waals surface area contributed by atoms with Crippen molar-refractivity contribution in [2.45, 2.75) is 83.6 Å². The number of anilines is 1. The number of rotatable bonds is 11. The zero-order chi connectivity index (χ0) is 30.9. The Labute approximate surface area is 255 Å². The summed E-state index contributed by atoms with van der Waals surface area (Å²) in [5.74, 6) is -1.54. The van der Waals surface area contributed by atoms with Crippen LogP contribution >= 0.6 is 0 Å². The molecule has 234 valence electrons. The maximum atomic E-state index is 14.8. The number of hydrogen-bond donors (Lipinski definition) is 1. The highest BCUT2D eigenvalue weighted by molar-refractivity contribution is 6.04. The van der Waals surface area contributed by atoms with Crippen molar-refractivity contribution in [1.29, 1.82) is 0 Å². The van der Waals surface area contributed by atoms with E-state index in [1.807, 2.05) is 76.3 Å². The molecule has 0 aromatic heterocycles. The fourth-order valence-electron chi connectivity index (χ4n) is 7.63. The first-order valence-corrected chi connectivity index (χ1v) is 16.0. The Kier molecular flexibility index (Phi) is 9.05. The molecular weight excluding hydrogens is 546 g/mol. The summed E-state index contributed by atoms with van der Waals surface area (Å²) in [6, 6.07) is 5.87. The Hall–Kier alpha value is -3.17. The molecule has 1 spiro atoms. The van der Waals surface area contributed by atoms with Crippen LogP contribution < -0.4 is 9.64 Å². The van der Waals surface area contributed by atoms with Crippen LogP contribution in [-0.2, 0) is 19.1 Å². The highest BCUT2D eigenvalue weighted by atomic mass is 16.5. The van der Waals surface area contributed by atoms with E-state index < -0.39 is 35.1 Å². The van der Waals surface area contributed by atoms with Gasteiger partial charge in [0.05, 0.1) is 36.7 Å². The van der Waals surface area contributed by atoms with E-state index in [1.54, 1.807) is 14.7 Å². The summed E-state index contributed by atoms with van der Waals surface area (Å²) in [6.07, 6.45) is 10.5. The first kappa shape index (κ1) is 31.3. The van der Waals surface area contributed by atoms with Gasteiger partial charge in [-0.05, 0) is 56.4 Å². The molecule has 43 heavy (non-hydrogen) atoms. The van der Waals surface area contributed by atoms with Crippen molar-refractivity contribution in [3.8, 4) is 5.75 Å². The third kappa shape index (κ3) is 5.18. The van der Waals surface area contributed by atoms with Crippen LogP contribution in [0.2, 0.25) is 0 Å². The minimum absolute atomic E-state index is 0.181. The summed E-state index contributed by atoms with van der Waals surface area (Å²) in [5, 5.41) is 10.6. The molecule has 4 heterocycles. The number of ether oxygens (including phenoxy) is 2. The second kappa shape index (κ2) is 12.4. The fourth-order valence-corrected chi connectivity index (χ4v) is 7.63. The van der Waals surface area contributed by atoms with Gasteiger partial charge in [-0.1, -0.05) is 58.4 Å². The van der Waals surface area contributed by atoms with Gasteiger partial charge in [0.15, 0.2) is 0 Å². The Morgan fingerprint density at radius 1 is 0.977 bits per heavy atom. The van der Waals surface area contributed by atoms with Gasteiger partial charge in [0.25, 0.3) is 0 Å². The monoisotopic (exact) mass is 593 g/mol. The first-order chi connectivity index (χ1) is 20.7. The molecule has 0 saturated carbocycles. The average Bonchev–Trinajstić information content (AvgIpc) is 3.29. The standard InChI is InChI=1S/C34H47N3O6/c1-6-9-18-35-19-11-17-34-28(31(40)37(29(34)32(35)41)25(22-38)21-23(4)5)27-30(39)36(20-10-16-33(27,7-2)43-34)24-12-14-26(15-13-24)42-8-3/h10-17,23,25,27-29,38H,6-9,18-22H2,1-5H3/t25-,27+,28+,29?,33-,34+/m1/s1. The Morgan fingerprint density at radius 2 is 1.70 bits per heavy atom. The van der Waals surface area contributed by atoms with Crippen molar-refractivity contribution in [1.82, 2.24) is 9.80 Å². The summed E-state index contributed by atoms with van der Waals surface area (Å²) < 4.78 is 12.7. The summed E-state index contributed by atoms with van der Waals surface area (Å²) in [7, 11) is 0. The molecule has 1 aromatic carbocycles. The number of carbonyl (C=O) groups excluding carboxylic acids is 3. The van der Waals surface area contributed by atoms with E-state index >= 15 is 0 Å². The minimum atomic E-state index is -1.33. The molecule has 5 rings (SSSR count). The number of aliphatic hydroxyl groups is 1. The average molecular weight is 594 g/mol. The lowest BCUT2D eigenvalue weighted by atomic mass is 9.73. The molecule has 1 N–H and O–H groups in total. The van der Waals surface area contributed by atoms with Gasteiger partial charge in [-0.3, -0.25) is 14.4 Å². The van der Waals surface area contributed by atoms with E-state index in [0.717, 1.165) is 18.6 Å². The van der Waals surface area contributed by atoms with Crippen molar-refractivity contribution >= 4 is 23.4 Å². The molecule has 1 aromatic rings. The van der Waals surface area contributed by atoms with E-state index in [-0.39, 0.29) is 30.2 Å². The lowest BCUT2D eigenvalue weighted by Crippen LogP contribution is -2.59. The van der Waals surface area contributed by atoms with E-state index in [1.165, 1.54) is 0 Å². The van der Waals surface area contributed by atoms with Crippen LogP contribution in [0.1, 0.15) is 60.3 Å². The molecule has 2 saturated heterocycles. The van der Waals surface area contributed by atoms with Crippen molar-refractivity contribution in [2.24, 2.45) is 17.8 Å². The highest BCUT2D eigenvalue weighted by Gasteiger charge is 2.76. The molecule has 4 aliphatic heterocycles. The second-order valence-electron chi connectivity index (χ2n) is 12.7. The molecule has 6 atom stereocenters. The Bertz CT molecular complexity index is 1260. The van der Waals surface area contributed by atoms with Crippen molar-refractivity contribution in [3.05, 3.63) is 48.6 Å². The Balaban J connectivity index is 1.63. The van der Waals surface area contributed by atoms with Crippen LogP contribution in [0.25, 0.3) is 0 Å². The number of benzene rings is 1.